The van der Waals surface area contributed by atoms with Crippen molar-refractivity contribution in [3.63, 3.8) is 0 Å². The summed E-state index contributed by atoms with van der Waals surface area (Å²) in [6.45, 7) is 2.66. The van der Waals surface area contributed by atoms with Gasteiger partial charge in [-0.15, -0.1) is 0 Å². The Morgan fingerprint density at radius 3 is 2.75 bits per heavy atom. The van der Waals surface area contributed by atoms with E-state index in [1.165, 1.54) is 0 Å². The van der Waals surface area contributed by atoms with E-state index in [0.717, 1.165) is 37.2 Å². The first-order valence-electron chi connectivity index (χ1n) is 6.99. The minimum absolute atomic E-state index is 0.0688. The molecular formula is C15H21N3O2. The molecular weight excluding hydrogens is 254 g/mol. The second kappa shape index (κ2) is 7.25. The number of ether oxygens (including phenoxy) is 1. The summed E-state index contributed by atoms with van der Waals surface area (Å²) in [5, 5.41) is 18.0. The van der Waals surface area contributed by atoms with E-state index >= 15 is 0 Å². The Bertz CT molecular complexity index is 476. The number of anilines is 1. The van der Waals surface area contributed by atoms with E-state index in [0.29, 0.717) is 18.7 Å². The molecule has 1 saturated heterocycles. The summed E-state index contributed by atoms with van der Waals surface area (Å²) in [7, 11) is 0. The molecule has 0 aromatic heterocycles. The Hall–Kier alpha value is -1.61. The summed E-state index contributed by atoms with van der Waals surface area (Å²) in [6.07, 6.45) is 2.06. The number of aliphatic hydroxyl groups excluding tert-OH is 1. The molecule has 0 bridgehead atoms. The van der Waals surface area contributed by atoms with E-state index < -0.39 is 0 Å². The van der Waals surface area contributed by atoms with Crippen LogP contribution in [0.4, 0.5) is 5.69 Å². The molecule has 2 rings (SSSR count). The van der Waals surface area contributed by atoms with Crippen molar-refractivity contribution in [2.24, 2.45) is 5.73 Å². The Balaban J connectivity index is 2.02. The van der Waals surface area contributed by atoms with Crippen LogP contribution in [-0.4, -0.2) is 37.5 Å². The lowest BCUT2D eigenvalue weighted by atomic mass is 10.0. The van der Waals surface area contributed by atoms with Crippen LogP contribution < -0.4 is 10.6 Å². The number of rotatable bonds is 5. The molecule has 0 unspecified atom stereocenters. The average Bonchev–Trinajstić information content (AvgIpc) is 2.52. The molecule has 3 N–H and O–H groups in total. The zero-order chi connectivity index (χ0) is 14.4. The van der Waals surface area contributed by atoms with Gasteiger partial charge in [0.25, 0.3) is 0 Å². The molecule has 1 aliphatic heterocycles. The molecule has 0 spiro atoms. The molecule has 5 heteroatoms. The number of benzene rings is 1. The fraction of sp³-hybridized carbons (Fsp3) is 0.533. The fourth-order valence-corrected chi connectivity index (χ4v) is 2.56. The maximum atomic E-state index is 9.27. The molecule has 1 aromatic carbocycles. The third-order valence-corrected chi connectivity index (χ3v) is 3.64. The highest BCUT2D eigenvalue weighted by Gasteiger charge is 2.21. The summed E-state index contributed by atoms with van der Waals surface area (Å²) in [5.41, 5.74) is 8.25. The van der Waals surface area contributed by atoms with E-state index in [4.69, 9.17) is 15.6 Å². The molecule has 0 amide bonds. The van der Waals surface area contributed by atoms with Gasteiger partial charge in [-0.2, -0.15) is 5.26 Å². The molecule has 108 valence electrons. The lowest BCUT2D eigenvalue weighted by molar-refractivity contribution is 0.0159. The van der Waals surface area contributed by atoms with Crippen molar-refractivity contribution in [3.8, 4) is 6.07 Å². The lowest BCUT2D eigenvalue weighted by Gasteiger charge is -2.34. The molecule has 1 aliphatic rings. The van der Waals surface area contributed by atoms with Crippen LogP contribution >= 0.6 is 0 Å². The first-order chi connectivity index (χ1) is 9.78. The summed E-state index contributed by atoms with van der Waals surface area (Å²) in [5.74, 6) is 0. The summed E-state index contributed by atoms with van der Waals surface area (Å²) >= 11 is 0. The van der Waals surface area contributed by atoms with Crippen molar-refractivity contribution >= 4 is 5.69 Å². The predicted molar refractivity (Wildman–Crippen MR) is 77.3 cm³/mol. The first-order valence-corrected chi connectivity index (χ1v) is 6.99. The van der Waals surface area contributed by atoms with Gasteiger partial charge in [0.2, 0.25) is 0 Å². The minimum Gasteiger partial charge on any atom is -0.394 e. The number of hydrogen-bond donors (Lipinski definition) is 2. The van der Waals surface area contributed by atoms with Crippen molar-refractivity contribution in [3.05, 3.63) is 29.3 Å². The monoisotopic (exact) mass is 275 g/mol. The molecule has 1 fully saturated rings. The van der Waals surface area contributed by atoms with E-state index in [1.54, 1.807) is 0 Å². The number of nitriles is 1. The Morgan fingerprint density at radius 2 is 2.15 bits per heavy atom. The van der Waals surface area contributed by atoms with Gasteiger partial charge >= 0.3 is 0 Å². The fourth-order valence-electron chi connectivity index (χ4n) is 2.56. The highest BCUT2D eigenvalue weighted by Crippen LogP contribution is 2.25. The van der Waals surface area contributed by atoms with Crippen LogP contribution in [0, 0.1) is 11.3 Å². The maximum absolute atomic E-state index is 9.27. The van der Waals surface area contributed by atoms with Gasteiger partial charge < -0.3 is 20.5 Å². The van der Waals surface area contributed by atoms with Gasteiger partial charge in [-0.1, -0.05) is 6.07 Å². The second-order valence-corrected chi connectivity index (χ2v) is 4.95. The van der Waals surface area contributed by atoms with Crippen LogP contribution in [0.2, 0.25) is 0 Å². The number of aliphatic hydroxyl groups is 1. The molecule has 0 saturated carbocycles. The summed E-state index contributed by atoms with van der Waals surface area (Å²) in [4.78, 5) is 2.22. The average molecular weight is 275 g/mol. The Morgan fingerprint density at radius 1 is 1.40 bits per heavy atom. The van der Waals surface area contributed by atoms with Crippen molar-refractivity contribution in [2.45, 2.75) is 25.5 Å². The highest BCUT2D eigenvalue weighted by atomic mass is 16.5. The van der Waals surface area contributed by atoms with Crippen molar-refractivity contribution in [2.75, 3.05) is 31.2 Å². The first kappa shape index (κ1) is 14.8. The van der Waals surface area contributed by atoms with Crippen LogP contribution in [0.5, 0.6) is 0 Å². The molecule has 0 radical (unpaired) electrons. The normalized spacial score (nSPS) is 16.1. The minimum atomic E-state index is 0.0688. The van der Waals surface area contributed by atoms with E-state index in [1.807, 2.05) is 18.2 Å². The number of nitrogens with zero attached hydrogens (tertiary/aromatic N) is 2. The van der Waals surface area contributed by atoms with Crippen LogP contribution in [0.25, 0.3) is 0 Å². The molecule has 5 nitrogen and oxygen atoms in total. The van der Waals surface area contributed by atoms with E-state index in [2.05, 4.69) is 11.0 Å². The van der Waals surface area contributed by atoms with Gasteiger partial charge in [-0.3, -0.25) is 0 Å². The SMILES string of the molecule is N#Cc1cc(CN)ccc1N1CCC(OCCO)CC1. The molecule has 0 atom stereocenters. The Kier molecular flexibility index (Phi) is 5.36. The smallest absolute Gasteiger partial charge is 0.101 e. The van der Waals surface area contributed by atoms with Gasteiger partial charge in [0.1, 0.15) is 6.07 Å². The largest absolute Gasteiger partial charge is 0.394 e. The topological polar surface area (TPSA) is 82.5 Å². The summed E-state index contributed by atoms with van der Waals surface area (Å²) in [6, 6.07) is 8.07. The molecule has 1 heterocycles. The van der Waals surface area contributed by atoms with Crippen LogP contribution in [-0.2, 0) is 11.3 Å². The van der Waals surface area contributed by atoms with Crippen molar-refractivity contribution in [1.29, 1.82) is 5.26 Å². The number of piperidine rings is 1. The van der Waals surface area contributed by atoms with Gasteiger partial charge in [-0.25, -0.2) is 0 Å². The Labute approximate surface area is 119 Å². The van der Waals surface area contributed by atoms with Crippen molar-refractivity contribution < 1.29 is 9.84 Å². The van der Waals surface area contributed by atoms with Gasteiger partial charge in [0.05, 0.1) is 30.6 Å². The lowest BCUT2D eigenvalue weighted by Crippen LogP contribution is -2.37. The molecule has 20 heavy (non-hydrogen) atoms. The predicted octanol–water partition coefficient (Wildman–Crippen LogP) is 0.995. The standard InChI is InChI=1S/C15H21N3O2/c16-10-12-1-2-15(13(9-12)11-17)18-5-3-14(4-6-18)20-8-7-19/h1-2,9,14,19H,3-8,10,16H2. The van der Waals surface area contributed by atoms with Crippen LogP contribution in [0.15, 0.2) is 18.2 Å². The van der Waals surface area contributed by atoms with Crippen molar-refractivity contribution in [1.82, 2.24) is 0 Å². The second-order valence-electron chi connectivity index (χ2n) is 4.95. The maximum Gasteiger partial charge on any atom is 0.101 e. The van der Waals surface area contributed by atoms with E-state index in [9.17, 15) is 5.26 Å². The molecule has 1 aromatic rings. The number of hydrogen-bond acceptors (Lipinski definition) is 5. The third-order valence-electron chi connectivity index (χ3n) is 3.64. The number of nitrogens with two attached hydrogens (primary N) is 1. The third kappa shape index (κ3) is 3.48. The zero-order valence-electron chi connectivity index (χ0n) is 11.6. The zero-order valence-corrected chi connectivity index (χ0v) is 11.6. The van der Waals surface area contributed by atoms with Crippen LogP contribution in [0.3, 0.4) is 0 Å². The van der Waals surface area contributed by atoms with Gasteiger partial charge in [0, 0.05) is 19.6 Å². The van der Waals surface area contributed by atoms with Gasteiger partial charge in [-0.05, 0) is 30.5 Å². The highest BCUT2D eigenvalue weighted by molar-refractivity contribution is 5.60. The molecule has 0 aliphatic carbocycles. The quantitative estimate of drug-likeness (QED) is 0.837. The van der Waals surface area contributed by atoms with Crippen LogP contribution in [0.1, 0.15) is 24.0 Å². The van der Waals surface area contributed by atoms with Gasteiger partial charge in [0.15, 0.2) is 0 Å². The van der Waals surface area contributed by atoms with E-state index in [-0.39, 0.29) is 12.7 Å². The summed E-state index contributed by atoms with van der Waals surface area (Å²) < 4.78 is 5.55.